The number of nitrogens with zero attached hydrogens (tertiary/aromatic N) is 1. The molecule has 0 fully saturated rings. The van der Waals surface area contributed by atoms with Crippen LogP contribution in [0.5, 0.6) is 0 Å². The number of carbonyl (C=O) groups is 1. The van der Waals surface area contributed by atoms with Gasteiger partial charge >= 0.3 is 0 Å². The van der Waals surface area contributed by atoms with E-state index in [2.05, 4.69) is 4.98 Å². The van der Waals surface area contributed by atoms with Crippen LogP contribution >= 0.6 is 0 Å². The molecule has 0 amide bonds. The summed E-state index contributed by atoms with van der Waals surface area (Å²) >= 11 is 0. The van der Waals surface area contributed by atoms with E-state index in [-0.39, 0.29) is 5.78 Å². The van der Waals surface area contributed by atoms with Crippen LogP contribution in [0.25, 0.3) is 0 Å². The second kappa shape index (κ2) is 7.09. The molecule has 0 aliphatic rings. The van der Waals surface area contributed by atoms with Crippen LogP contribution in [0.3, 0.4) is 0 Å². The molecule has 0 atom stereocenters. The molecule has 0 aliphatic heterocycles. The van der Waals surface area contributed by atoms with Crippen molar-refractivity contribution >= 4 is 5.78 Å². The molecule has 0 saturated carbocycles. The maximum Gasteiger partial charge on any atom is 0.166 e. The van der Waals surface area contributed by atoms with Crippen molar-refractivity contribution in [2.24, 2.45) is 0 Å². The maximum atomic E-state index is 11.6. The monoisotopic (exact) mass is 223 g/mol. The number of ketones is 1. The molecule has 0 saturated heterocycles. The quantitative estimate of drug-likeness (QED) is 0.520. The van der Waals surface area contributed by atoms with Gasteiger partial charge in [-0.25, -0.2) is 0 Å². The van der Waals surface area contributed by atoms with Crippen LogP contribution in [0.1, 0.15) is 22.5 Å². The molecule has 0 unspecified atom stereocenters. The summed E-state index contributed by atoms with van der Waals surface area (Å²) in [6.07, 6.45) is 1.99. The number of rotatable bonds is 7. The Morgan fingerprint density at radius 3 is 2.75 bits per heavy atom. The first kappa shape index (κ1) is 12.8. The number of ether oxygens (including phenoxy) is 2. The van der Waals surface area contributed by atoms with Crippen molar-refractivity contribution in [1.82, 2.24) is 4.98 Å². The minimum absolute atomic E-state index is 0.0601. The molecule has 1 heterocycles. The lowest BCUT2D eigenvalue weighted by Crippen LogP contribution is -2.08. The molecule has 88 valence electrons. The Bertz CT molecular complexity index is 322. The average molecular weight is 223 g/mol. The zero-order valence-corrected chi connectivity index (χ0v) is 9.73. The lowest BCUT2D eigenvalue weighted by Gasteiger charge is -2.03. The number of aromatic nitrogens is 1. The van der Waals surface area contributed by atoms with Gasteiger partial charge < -0.3 is 9.47 Å². The van der Waals surface area contributed by atoms with Crippen LogP contribution in [-0.2, 0) is 9.47 Å². The standard InChI is InChI=1S/C12H17NO3/c1-10-3-4-11(9-13-10)12(14)5-6-16-8-7-15-2/h3-4,9H,5-8H2,1-2H3. The number of pyridine rings is 1. The van der Waals surface area contributed by atoms with E-state index in [1.165, 1.54) is 0 Å². The van der Waals surface area contributed by atoms with Crippen LogP contribution in [0.4, 0.5) is 0 Å². The summed E-state index contributed by atoms with van der Waals surface area (Å²) in [7, 11) is 1.62. The molecule has 16 heavy (non-hydrogen) atoms. The summed E-state index contributed by atoms with van der Waals surface area (Å²) in [5, 5.41) is 0. The molecule has 4 nitrogen and oxygen atoms in total. The summed E-state index contributed by atoms with van der Waals surface area (Å²) in [5.41, 5.74) is 1.55. The number of aryl methyl sites for hydroxylation is 1. The first-order valence-corrected chi connectivity index (χ1v) is 5.26. The van der Waals surface area contributed by atoms with Crippen molar-refractivity contribution in [2.45, 2.75) is 13.3 Å². The van der Waals surface area contributed by atoms with E-state index in [0.717, 1.165) is 5.69 Å². The molecule has 1 aromatic heterocycles. The van der Waals surface area contributed by atoms with E-state index in [0.29, 0.717) is 31.8 Å². The smallest absolute Gasteiger partial charge is 0.166 e. The number of hydrogen-bond donors (Lipinski definition) is 0. The Kier molecular flexibility index (Phi) is 5.67. The van der Waals surface area contributed by atoms with Crippen molar-refractivity contribution in [3.63, 3.8) is 0 Å². The van der Waals surface area contributed by atoms with Crippen LogP contribution in [0.2, 0.25) is 0 Å². The number of methoxy groups -OCH3 is 1. The van der Waals surface area contributed by atoms with Gasteiger partial charge in [0.25, 0.3) is 0 Å². The first-order valence-electron chi connectivity index (χ1n) is 5.26. The summed E-state index contributed by atoms with van der Waals surface area (Å²) in [4.78, 5) is 15.7. The Hall–Kier alpha value is -1.26. The molecule has 0 spiro atoms. The molecular weight excluding hydrogens is 206 g/mol. The lowest BCUT2D eigenvalue weighted by atomic mass is 10.1. The van der Waals surface area contributed by atoms with Gasteiger partial charge in [-0.1, -0.05) is 0 Å². The van der Waals surface area contributed by atoms with Gasteiger partial charge in [-0.2, -0.15) is 0 Å². The van der Waals surface area contributed by atoms with E-state index in [1.807, 2.05) is 13.0 Å². The second-order valence-corrected chi connectivity index (χ2v) is 3.47. The minimum Gasteiger partial charge on any atom is -0.382 e. The van der Waals surface area contributed by atoms with Crippen molar-refractivity contribution < 1.29 is 14.3 Å². The largest absolute Gasteiger partial charge is 0.382 e. The van der Waals surface area contributed by atoms with E-state index >= 15 is 0 Å². The van der Waals surface area contributed by atoms with Gasteiger partial charge in [-0.3, -0.25) is 9.78 Å². The molecular formula is C12H17NO3. The first-order chi connectivity index (χ1) is 7.74. The highest BCUT2D eigenvalue weighted by atomic mass is 16.5. The third-order valence-corrected chi connectivity index (χ3v) is 2.14. The lowest BCUT2D eigenvalue weighted by molar-refractivity contribution is 0.0641. The van der Waals surface area contributed by atoms with Crippen molar-refractivity contribution in [2.75, 3.05) is 26.9 Å². The molecule has 4 heteroatoms. The molecule has 0 aliphatic carbocycles. The number of Topliss-reactive ketones (excluding diaryl/α,β-unsaturated/α-hetero) is 1. The maximum absolute atomic E-state index is 11.6. The Morgan fingerprint density at radius 2 is 2.12 bits per heavy atom. The van der Waals surface area contributed by atoms with E-state index < -0.39 is 0 Å². The predicted octanol–water partition coefficient (Wildman–Crippen LogP) is 1.63. The summed E-state index contributed by atoms with van der Waals surface area (Å²) in [6.45, 7) is 3.40. The summed E-state index contributed by atoms with van der Waals surface area (Å²) in [5.74, 6) is 0.0601. The summed E-state index contributed by atoms with van der Waals surface area (Å²) < 4.78 is 10.1. The Balaban J connectivity index is 2.27. The molecule has 0 N–H and O–H groups in total. The van der Waals surface area contributed by atoms with Crippen LogP contribution in [-0.4, -0.2) is 37.7 Å². The molecule has 1 rings (SSSR count). The highest BCUT2D eigenvalue weighted by molar-refractivity contribution is 5.95. The molecule has 1 aromatic rings. The fourth-order valence-electron chi connectivity index (χ4n) is 1.19. The topological polar surface area (TPSA) is 48.4 Å². The van der Waals surface area contributed by atoms with E-state index in [9.17, 15) is 4.79 Å². The Labute approximate surface area is 95.6 Å². The predicted molar refractivity (Wildman–Crippen MR) is 60.6 cm³/mol. The van der Waals surface area contributed by atoms with Gasteiger partial charge in [0.05, 0.1) is 19.8 Å². The van der Waals surface area contributed by atoms with Crippen molar-refractivity contribution in [3.05, 3.63) is 29.6 Å². The van der Waals surface area contributed by atoms with Gasteiger partial charge in [0.15, 0.2) is 5.78 Å². The fourth-order valence-corrected chi connectivity index (χ4v) is 1.19. The van der Waals surface area contributed by atoms with Gasteiger partial charge in [0.2, 0.25) is 0 Å². The van der Waals surface area contributed by atoms with E-state index in [1.54, 1.807) is 19.4 Å². The SMILES string of the molecule is COCCOCCC(=O)c1ccc(C)nc1. The normalized spacial score (nSPS) is 10.4. The zero-order valence-electron chi connectivity index (χ0n) is 9.73. The van der Waals surface area contributed by atoms with E-state index in [4.69, 9.17) is 9.47 Å². The minimum atomic E-state index is 0.0601. The van der Waals surface area contributed by atoms with Gasteiger partial charge in [0.1, 0.15) is 0 Å². The summed E-state index contributed by atoms with van der Waals surface area (Å²) in [6, 6.07) is 3.62. The van der Waals surface area contributed by atoms with Crippen LogP contribution < -0.4 is 0 Å². The van der Waals surface area contributed by atoms with Gasteiger partial charge in [-0.05, 0) is 19.1 Å². The molecule has 0 bridgehead atoms. The highest BCUT2D eigenvalue weighted by Crippen LogP contribution is 2.03. The van der Waals surface area contributed by atoms with Crippen molar-refractivity contribution in [3.8, 4) is 0 Å². The fraction of sp³-hybridized carbons (Fsp3) is 0.500. The van der Waals surface area contributed by atoms with Gasteiger partial charge in [0, 0.05) is 31.0 Å². The highest BCUT2D eigenvalue weighted by Gasteiger charge is 2.05. The molecule has 0 aromatic carbocycles. The molecule has 0 radical (unpaired) electrons. The average Bonchev–Trinajstić information content (AvgIpc) is 2.29. The second-order valence-electron chi connectivity index (χ2n) is 3.47. The number of hydrogen-bond acceptors (Lipinski definition) is 4. The third kappa shape index (κ3) is 4.51. The van der Waals surface area contributed by atoms with Crippen LogP contribution in [0.15, 0.2) is 18.3 Å². The Morgan fingerprint density at radius 1 is 1.31 bits per heavy atom. The van der Waals surface area contributed by atoms with Crippen molar-refractivity contribution in [1.29, 1.82) is 0 Å². The number of carbonyl (C=O) groups excluding carboxylic acids is 1. The zero-order chi connectivity index (χ0) is 11.8. The van der Waals surface area contributed by atoms with Gasteiger partial charge in [-0.15, -0.1) is 0 Å². The third-order valence-electron chi connectivity index (χ3n) is 2.14. The van der Waals surface area contributed by atoms with Crippen LogP contribution in [0, 0.1) is 6.92 Å².